The van der Waals surface area contributed by atoms with Gasteiger partial charge in [-0.15, -0.1) is 28.8 Å². The quantitative estimate of drug-likeness (QED) is 0.623. The number of halogens is 1. The molecule has 0 saturated carbocycles. The molecule has 0 spiro atoms. The van der Waals surface area contributed by atoms with Crippen molar-refractivity contribution in [2.75, 3.05) is 13.1 Å². The van der Waals surface area contributed by atoms with E-state index in [2.05, 4.69) is 15.5 Å². The number of carbonyl (C=O) groups is 2. The van der Waals surface area contributed by atoms with Crippen LogP contribution >= 0.6 is 23.7 Å². The minimum atomic E-state index is -0.883. The van der Waals surface area contributed by atoms with Gasteiger partial charge < -0.3 is 10.0 Å². The first-order valence-corrected chi connectivity index (χ1v) is 9.63. The SMILES string of the molecule is Cl.O=C(O)C1CCN(C(=O)C(=Cc2cccs2)n2nnnc2-c2ccccc2)C1. The molecule has 3 aromatic rings. The summed E-state index contributed by atoms with van der Waals surface area (Å²) in [4.78, 5) is 27.0. The van der Waals surface area contributed by atoms with E-state index >= 15 is 0 Å². The maximum atomic E-state index is 13.3. The predicted octanol–water partition coefficient (Wildman–Crippen LogP) is 2.75. The summed E-state index contributed by atoms with van der Waals surface area (Å²) in [6.45, 7) is 0.569. The molecule has 8 nitrogen and oxygen atoms in total. The fraction of sp³-hybridized carbons (Fsp3) is 0.211. The first-order valence-electron chi connectivity index (χ1n) is 8.75. The molecular weight excluding hydrogens is 414 g/mol. The number of aromatic nitrogens is 4. The van der Waals surface area contributed by atoms with Crippen molar-refractivity contribution >= 4 is 47.4 Å². The van der Waals surface area contributed by atoms with E-state index in [9.17, 15) is 14.7 Å². The van der Waals surface area contributed by atoms with E-state index in [4.69, 9.17) is 0 Å². The second-order valence-electron chi connectivity index (χ2n) is 6.40. The second kappa shape index (κ2) is 8.97. The summed E-state index contributed by atoms with van der Waals surface area (Å²) < 4.78 is 1.42. The molecule has 2 aromatic heterocycles. The summed E-state index contributed by atoms with van der Waals surface area (Å²) in [5.74, 6) is -1.27. The number of carbonyl (C=O) groups excluding carboxylic acids is 1. The zero-order valence-electron chi connectivity index (χ0n) is 15.2. The molecule has 3 heterocycles. The number of nitrogens with zero attached hydrogens (tertiary/aromatic N) is 5. The summed E-state index contributed by atoms with van der Waals surface area (Å²) in [6, 6.07) is 13.2. The van der Waals surface area contributed by atoms with Crippen LogP contribution in [0.3, 0.4) is 0 Å². The lowest BCUT2D eigenvalue weighted by molar-refractivity contribution is -0.141. The van der Waals surface area contributed by atoms with Crippen LogP contribution in [-0.4, -0.2) is 55.2 Å². The van der Waals surface area contributed by atoms with Crippen molar-refractivity contribution in [3.8, 4) is 11.4 Å². The van der Waals surface area contributed by atoms with Gasteiger partial charge in [0.2, 0.25) is 0 Å². The standard InChI is InChI=1S/C19H17N5O3S.ClH/c25-18(23-9-8-14(12-23)19(26)27)16(11-15-7-4-10-28-15)24-17(20-21-22-24)13-5-2-1-3-6-13;/h1-7,10-11,14H,8-9,12H2,(H,26,27);1H. The van der Waals surface area contributed by atoms with Crippen LogP contribution in [0.5, 0.6) is 0 Å². The first kappa shape index (κ1) is 20.7. The van der Waals surface area contributed by atoms with Crippen molar-refractivity contribution in [2.24, 2.45) is 5.92 Å². The Morgan fingerprint density at radius 1 is 1.17 bits per heavy atom. The van der Waals surface area contributed by atoms with Crippen LogP contribution in [0, 0.1) is 5.92 Å². The van der Waals surface area contributed by atoms with Gasteiger partial charge in [0, 0.05) is 23.5 Å². The van der Waals surface area contributed by atoms with Crippen LogP contribution < -0.4 is 0 Å². The van der Waals surface area contributed by atoms with E-state index in [0.29, 0.717) is 18.8 Å². The van der Waals surface area contributed by atoms with E-state index in [-0.39, 0.29) is 30.6 Å². The third kappa shape index (κ3) is 4.36. The Balaban J connectivity index is 0.00000240. The summed E-state index contributed by atoms with van der Waals surface area (Å²) in [5.41, 5.74) is 1.07. The molecule has 1 N–H and O–H groups in total. The molecule has 0 bridgehead atoms. The number of carboxylic acid groups (broad SMARTS) is 1. The molecule has 4 rings (SSSR count). The molecule has 150 valence electrons. The van der Waals surface area contributed by atoms with Crippen molar-refractivity contribution < 1.29 is 14.7 Å². The van der Waals surface area contributed by atoms with E-state index in [0.717, 1.165) is 10.4 Å². The van der Waals surface area contributed by atoms with Gasteiger partial charge in [-0.2, -0.15) is 4.68 Å². The molecule has 0 aliphatic carbocycles. The number of aliphatic carboxylic acids is 1. The van der Waals surface area contributed by atoms with Crippen LogP contribution in [0.1, 0.15) is 11.3 Å². The van der Waals surface area contributed by atoms with Gasteiger partial charge >= 0.3 is 5.97 Å². The summed E-state index contributed by atoms with van der Waals surface area (Å²) in [6.07, 6.45) is 2.18. The Hall–Kier alpha value is -3.04. The topological polar surface area (TPSA) is 101 Å². The lowest BCUT2D eigenvalue weighted by atomic mass is 10.1. The smallest absolute Gasteiger partial charge is 0.308 e. The number of rotatable bonds is 5. The number of carboxylic acids is 1. The number of tetrazole rings is 1. The second-order valence-corrected chi connectivity index (χ2v) is 7.38. The van der Waals surface area contributed by atoms with Gasteiger partial charge in [-0.25, -0.2) is 0 Å². The zero-order chi connectivity index (χ0) is 19.5. The highest BCUT2D eigenvalue weighted by Gasteiger charge is 2.33. The Kier molecular flexibility index (Phi) is 6.40. The Morgan fingerprint density at radius 2 is 1.97 bits per heavy atom. The van der Waals surface area contributed by atoms with Gasteiger partial charge in [-0.3, -0.25) is 9.59 Å². The summed E-state index contributed by atoms with van der Waals surface area (Å²) in [7, 11) is 0. The number of amides is 1. The number of likely N-dealkylation sites (tertiary alicyclic amines) is 1. The Bertz CT molecular complexity index is 1020. The highest BCUT2D eigenvalue weighted by atomic mass is 35.5. The van der Waals surface area contributed by atoms with Gasteiger partial charge in [-0.05, 0) is 34.4 Å². The van der Waals surface area contributed by atoms with Crippen LogP contribution in [0.4, 0.5) is 0 Å². The normalized spacial score (nSPS) is 16.5. The maximum absolute atomic E-state index is 13.3. The van der Waals surface area contributed by atoms with E-state index in [1.54, 1.807) is 11.0 Å². The Morgan fingerprint density at radius 3 is 2.62 bits per heavy atom. The van der Waals surface area contributed by atoms with Crippen molar-refractivity contribution in [2.45, 2.75) is 6.42 Å². The minimum absolute atomic E-state index is 0. The third-order valence-electron chi connectivity index (χ3n) is 4.60. The van der Waals surface area contributed by atoms with Gasteiger partial charge in [0.25, 0.3) is 5.91 Å². The van der Waals surface area contributed by atoms with Gasteiger partial charge in [-0.1, -0.05) is 36.4 Å². The van der Waals surface area contributed by atoms with Crippen molar-refractivity contribution in [3.05, 3.63) is 52.7 Å². The fourth-order valence-corrected chi connectivity index (χ4v) is 3.80. The van der Waals surface area contributed by atoms with E-state index in [1.165, 1.54) is 16.0 Å². The molecule has 0 radical (unpaired) electrons. The van der Waals surface area contributed by atoms with Crippen molar-refractivity contribution in [1.82, 2.24) is 25.1 Å². The number of hydrogen-bond acceptors (Lipinski definition) is 6. The van der Waals surface area contributed by atoms with Gasteiger partial charge in [0.05, 0.1) is 5.92 Å². The summed E-state index contributed by atoms with van der Waals surface area (Å²) >= 11 is 1.49. The van der Waals surface area contributed by atoms with Crippen LogP contribution in [0.15, 0.2) is 47.8 Å². The average Bonchev–Trinajstić information content (AvgIpc) is 3.47. The monoisotopic (exact) mass is 431 g/mol. The number of hydrogen-bond donors (Lipinski definition) is 1. The lowest BCUT2D eigenvalue weighted by Crippen LogP contribution is -2.32. The van der Waals surface area contributed by atoms with Crippen molar-refractivity contribution in [1.29, 1.82) is 0 Å². The predicted molar refractivity (Wildman–Crippen MR) is 111 cm³/mol. The maximum Gasteiger partial charge on any atom is 0.308 e. The number of benzene rings is 1. The lowest BCUT2D eigenvalue weighted by Gasteiger charge is -2.18. The molecule has 1 amide bonds. The van der Waals surface area contributed by atoms with Crippen molar-refractivity contribution in [3.63, 3.8) is 0 Å². The fourth-order valence-electron chi connectivity index (χ4n) is 3.15. The molecule has 29 heavy (non-hydrogen) atoms. The average molecular weight is 432 g/mol. The highest BCUT2D eigenvalue weighted by Crippen LogP contribution is 2.25. The highest BCUT2D eigenvalue weighted by molar-refractivity contribution is 7.10. The molecule has 1 saturated heterocycles. The molecule has 1 aliphatic rings. The Labute approximate surface area is 176 Å². The molecular formula is C19H18ClN5O3S. The molecule has 1 atom stereocenters. The van der Waals surface area contributed by atoms with Gasteiger partial charge in [0.1, 0.15) is 5.70 Å². The molecule has 1 aromatic carbocycles. The molecule has 1 aliphatic heterocycles. The molecule has 1 unspecified atom stereocenters. The van der Waals surface area contributed by atoms with Crippen LogP contribution in [0.2, 0.25) is 0 Å². The van der Waals surface area contributed by atoms with Crippen LogP contribution in [0.25, 0.3) is 23.2 Å². The molecule has 10 heteroatoms. The minimum Gasteiger partial charge on any atom is -0.481 e. The van der Waals surface area contributed by atoms with Gasteiger partial charge in [0.15, 0.2) is 5.82 Å². The van der Waals surface area contributed by atoms with E-state index in [1.807, 2.05) is 47.8 Å². The first-order chi connectivity index (χ1) is 13.6. The zero-order valence-corrected chi connectivity index (χ0v) is 16.8. The third-order valence-corrected chi connectivity index (χ3v) is 5.41. The summed E-state index contributed by atoms with van der Waals surface area (Å²) in [5, 5.41) is 23.1. The van der Waals surface area contributed by atoms with E-state index < -0.39 is 11.9 Å². The largest absolute Gasteiger partial charge is 0.481 e. The molecule has 1 fully saturated rings. The number of thiophene rings is 1. The van der Waals surface area contributed by atoms with Crippen LogP contribution in [-0.2, 0) is 9.59 Å².